The van der Waals surface area contributed by atoms with Gasteiger partial charge in [-0.3, -0.25) is 0 Å². The fraction of sp³-hybridized carbons (Fsp3) is 0.231. The van der Waals surface area contributed by atoms with Crippen molar-refractivity contribution < 1.29 is 14.2 Å². The molecule has 2 N–H and O–H groups in total. The van der Waals surface area contributed by atoms with E-state index in [1.54, 1.807) is 11.3 Å². The van der Waals surface area contributed by atoms with E-state index in [-0.39, 0.29) is 6.79 Å². The van der Waals surface area contributed by atoms with Crippen molar-refractivity contribution in [2.75, 3.05) is 6.79 Å². The quantitative estimate of drug-likeness (QED) is 0.927. The molecule has 0 unspecified atom stereocenters. The van der Waals surface area contributed by atoms with E-state index in [2.05, 4.69) is 15.9 Å². The lowest BCUT2D eigenvalue weighted by Gasteiger charge is -2.10. The van der Waals surface area contributed by atoms with Crippen molar-refractivity contribution in [1.82, 2.24) is 0 Å². The van der Waals surface area contributed by atoms with Gasteiger partial charge < -0.3 is 19.9 Å². The molecule has 3 rings (SSSR count). The summed E-state index contributed by atoms with van der Waals surface area (Å²) in [5, 5.41) is 0. The second-order valence-electron chi connectivity index (χ2n) is 4.01. The lowest BCUT2D eigenvalue weighted by Crippen LogP contribution is -2.02. The van der Waals surface area contributed by atoms with Crippen molar-refractivity contribution in [3.05, 3.63) is 38.5 Å². The molecule has 1 aliphatic rings. The summed E-state index contributed by atoms with van der Waals surface area (Å²) < 4.78 is 17.6. The molecule has 0 atom stereocenters. The van der Waals surface area contributed by atoms with Crippen LogP contribution in [0.4, 0.5) is 0 Å². The molecule has 1 aliphatic heterocycles. The number of hydrogen-bond donors (Lipinski definition) is 1. The molecule has 0 saturated heterocycles. The Balaban J connectivity index is 1.80. The Hall–Kier alpha value is -1.24. The van der Waals surface area contributed by atoms with Crippen LogP contribution in [0.5, 0.6) is 17.2 Å². The zero-order chi connectivity index (χ0) is 13.2. The molecule has 100 valence electrons. The minimum absolute atomic E-state index is 0.251. The van der Waals surface area contributed by atoms with Crippen LogP contribution in [-0.2, 0) is 13.2 Å². The predicted molar refractivity (Wildman–Crippen MR) is 76.8 cm³/mol. The third kappa shape index (κ3) is 2.70. The van der Waals surface area contributed by atoms with Gasteiger partial charge >= 0.3 is 0 Å². The number of halogens is 1. The summed E-state index contributed by atoms with van der Waals surface area (Å²) in [6.45, 7) is 1.17. The van der Waals surface area contributed by atoms with Crippen LogP contribution < -0.4 is 19.9 Å². The van der Waals surface area contributed by atoms with E-state index in [1.165, 1.54) is 0 Å². The van der Waals surface area contributed by atoms with Crippen molar-refractivity contribution in [2.24, 2.45) is 5.73 Å². The zero-order valence-electron chi connectivity index (χ0n) is 10.0. The van der Waals surface area contributed by atoms with Crippen LogP contribution in [-0.4, -0.2) is 6.79 Å². The van der Waals surface area contributed by atoms with Crippen LogP contribution in [0.15, 0.2) is 28.1 Å². The van der Waals surface area contributed by atoms with Gasteiger partial charge in [-0.25, -0.2) is 0 Å². The number of benzene rings is 1. The molecule has 6 heteroatoms. The second-order valence-corrected chi connectivity index (χ2v) is 6.56. The number of fused-ring (bicyclic) bond motifs is 1. The Labute approximate surface area is 123 Å². The normalized spacial score (nSPS) is 12.7. The largest absolute Gasteiger partial charge is 0.488 e. The minimum Gasteiger partial charge on any atom is -0.488 e. The molecular formula is C13H12BrNO3S. The number of ether oxygens (including phenoxy) is 3. The van der Waals surface area contributed by atoms with Crippen molar-refractivity contribution >= 4 is 27.3 Å². The first-order chi connectivity index (χ1) is 9.26. The van der Waals surface area contributed by atoms with E-state index < -0.39 is 0 Å². The lowest BCUT2D eigenvalue weighted by molar-refractivity contribution is 0.173. The maximum Gasteiger partial charge on any atom is 0.231 e. The zero-order valence-corrected chi connectivity index (χ0v) is 12.4. The van der Waals surface area contributed by atoms with Gasteiger partial charge in [0.25, 0.3) is 0 Å². The van der Waals surface area contributed by atoms with E-state index in [0.29, 0.717) is 18.9 Å². The molecule has 0 radical (unpaired) electrons. The second kappa shape index (κ2) is 5.40. The third-order valence-electron chi connectivity index (χ3n) is 2.77. The van der Waals surface area contributed by atoms with Crippen molar-refractivity contribution in [3.8, 4) is 17.2 Å². The van der Waals surface area contributed by atoms with Gasteiger partial charge in [0.15, 0.2) is 11.5 Å². The van der Waals surface area contributed by atoms with Gasteiger partial charge in [0, 0.05) is 23.1 Å². The summed E-state index contributed by atoms with van der Waals surface area (Å²) in [5.41, 5.74) is 6.65. The molecular weight excluding hydrogens is 330 g/mol. The van der Waals surface area contributed by atoms with E-state index >= 15 is 0 Å². The highest BCUT2D eigenvalue weighted by molar-refractivity contribution is 9.11. The van der Waals surface area contributed by atoms with Crippen molar-refractivity contribution in [2.45, 2.75) is 13.2 Å². The highest BCUT2D eigenvalue weighted by Crippen LogP contribution is 2.38. The summed E-state index contributed by atoms with van der Waals surface area (Å²) in [4.78, 5) is 1.15. The predicted octanol–water partition coefficient (Wildman–Crippen LogP) is 3.28. The summed E-state index contributed by atoms with van der Waals surface area (Å²) in [5.74, 6) is 2.18. The van der Waals surface area contributed by atoms with Crippen LogP contribution >= 0.6 is 27.3 Å². The molecule has 2 heterocycles. The Morgan fingerprint density at radius 2 is 2.05 bits per heavy atom. The monoisotopic (exact) mass is 341 g/mol. The van der Waals surface area contributed by atoms with E-state index in [4.69, 9.17) is 19.9 Å². The van der Waals surface area contributed by atoms with E-state index in [9.17, 15) is 0 Å². The Bertz CT molecular complexity index is 600. The highest BCUT2D eigenvalue weighted by Gasteiger charge is 2.17. The molecule has 1 aromatic carbocycles. The summed E-state index contributed by atoms with van der Waals surface area (Å²) >= 11 is 5.08. The molecule has 19 heavy (non-hydrogen) atoms. The van der Waals surface area contributed by atoms with Crippen LogP contribution in [0, 0.1) is 0 Å². The maximum absolute atomic E-state index is 5.83. The molecule has 1 aromatic heterocycles. The van der Waals surface area contributed by atoms with Crippen LogP contribution in [0.25, 0.3) is 0 Å². The fourth-order valence-electron chi connectivity index (χ4n) is 1.84. The van der Waals surface area contributed by atoms with Crippen molar-refractivity contribution in [3.63, 3.8) is 0 Å². The average Bonchev–Trinajstić information content (AvgIpc) is 3.03. The lowest BCUT2D eigenvalue weighted by atomic mass is 10.2. The molecule has 0 aliphatic carbocycles. The summed E-state index contributed by atoms with van der Waals surface area (Å²) in [7, 11) is 0. The van der Waals surface area contributed by atoms with Crippen molar-refractivity contribution in [1.29, 1.82) is 0 Å². The average molecular weight is 342 g/mol. The van der Waals surface area contributed by atoms with Gasteiger partial charge in [-0.05, 0) is 34.1 Å². The Kier molecular flexibility index (Phi) is 3.63. The molecule has 4 nitrogen and oxygen atoms in total. The first kappa shape index (κ1) is 12.8. The smallest absolute Gasteiger partial charge is 0.231 e. The van der Waals surface area contributed by atoms with E-state index in [0.717, 1.165) is 25.7 Å². The van der Waals surface area contributed by atoms with Crippen LogP contribution in [0.2, 0.25) is 0 Å². The van der Waals surface area contributed by atoms with Gasteiger partial charge in [-0.1, -0.05) is 0 Å². The fourth-order valence-corrected chi connectivity index (χ4v) is 3.23. The molecule has 0 bridgehead atoms. The third-order valence-corrected chi connectivity index (χ3v) is 4.37. The molecule has 0 amide bonds. The Morgan fingerprint density at radius 3 is 2.74 bits per heavy atom. The topological polar surface area (TPSA) is 53.7 Å². The first-order valence-electron chi connectivity index (χ1n) is 5.76. The number of hydrogen-bond acceptors (Lipinski definition) is 5. The molecule has 0 fully saturated rings. The van der Waals surface area contributed by atoms with Crippen LogP contribution in [0.1, 0.15) is 10.4 Å². The van der Waals surface area contributed by atoms with Gasteiger partial charge in [0.2, 0.25) is 6.79 Å². The SMILES string of the molecule is NCc1cc2c(cc1OCc1ccc(Br)s1)OCO2. The molecule has 0 saturated carbocycles. The number of thiophene rings is 1. The summed E-state index contributed by atoms with van der Waals surface area (Å²) in [6.07, 6.45) is 0. The highest BCUT2D eigenvalue weighted by atomic mass is 79.9. The van der Waals surface area contributed by atoms with Gasteiger partial charge in [0.05, 0.1) is 3.79 Å². The molecule has 2 aromatic rings. The van der Waals surface area contributed by atoms with Crippen LogP contribution in [0.3, 0.4) is 0 Å². The molecule has 0 spiro atoms. The minimum atomic E-state index is 0.251. The number of rotatable bonds is 4. The standard InChI is InChI=1S/C13H12BrNO3S/c14-13-2-1-9(19-13)6-16-10-4-12-11(17-7-18-12)3-8(10)5-15/h1-4H,5-7,15H2. The summed E-state index contributed by atoms with van der Waals surface area (Å²) in [6, 6.07) is 7.76. The van der Waals surface area contributed by atoms with E-state index in [1.807, 2.05) is 24.3 Å². The van der Waals surface area contributed by atoms with Gasteiger partial charge in [0.1, 0.15) is 12.4 Å². The van der Waals surface area contributed by atoms with Gasteiger partial charge in [-0.15, -0.1) is 11.3 Å². The first-order valence-corrected chi connectivity index (χ1v) is 7.37. The number of nitrogens with two attached hydrogens (primary N) is 1. The van der Waals surface area contributed by atoms with Gasteiger partial charge in [-0.2, -0.15) is 0 Å². The Morgan fingerprint density at radius 1 is 1.26 bits per heavy atom. The maximum atomic E-state index is 5.83.